The Kier molecular flexibility index (Phi) is 6.59. The summed E-state index contributed by atoms with van der Waals surface area (Å²) in [7, 11) is 0. The second kappa shape index (κ2) is 9.01. The van der Waals surface area contributed by atoms with E-state index in [2.05, 4.69) is 15.5 Å². The predicted molar refractivity (Wildman–Crippen MR) is 109 cm³/mol. The third-order valence-corrected chi connectivity index (χ3v) is 5.24. The molecule has 2 atom stereocenters. The SMILES string of the molecule is CC(C)(O)CN(C(=O)O)C1CCC(c2cc(NC(=O)Cc3cc(F)cc(F)c3)n[nH]2)C1. The Labute approximate surface area is 178 Å². The van der Waals surface area contributed by atoms with Crippen LogP contribution in [0.25, 0.3) is 0 Å². The minimum absolute atomic E-state index is 0.0185. The number of carbonyl (C=O) groups excluding carboxylic acids is 1. The number of rotatable bonds is 7. The monoisotopic (exact) mass is 436 g/mol. The van der Waals surface area contributed by atoms with Gasteiger partial charge in [-0.25, -0.2) is 13.6 Å². The van der Waals surface area contributed by atoms with Crippen LogP contribution in [0.5, 0.6) is 0 Å². The van der Waals surface area contributed by atoms with Gasteiger partial charge in [0.2, 0.25) is 5.91 Å². The van der Waals surface area contributed by atoms with Crippen LogP contribution >= 0.6 is 0 Å². The number of benzene rings is 1. The molecule has 168 valence electrons. The molecule has 3 rings (SSSR count). The third-order valence-electron chi connectivity index (χ3n) is 5.24. The molecule has 1 aromatic carbocycles. The highest BCUT2D eigenvalue weighted by molar-refractivity contribution is 5.91. The van der Waals surface area contributed by atoms with Crippen LogP contribution < -0.4 is 5.32 Å². The van der Waals surface area contributed by atoms with Crippen molar-refractivity contribution in [3.63, 3.8) is 0 Å². The van der Waals surface area contributed by atoms with Crippen molar-refractivity contribution in [2.45, 2.75) is 57.1 Å². The quantitative estimate of drug-likeness (QED) is 0.531. The first kappa shape index (κ1) is 22.7. The second-order valence-corrected chi connectivity index (χ2v) is 8.60. The van der Waals surface area contributed by atoms with E-state index >= 15 is 0 Å². The lowest BCUT2D eigenvalue weighted by Crippen LogP contribution is -2.46. The molecule has 1 aliphatic carbocycles. The van der Waals surface area contributed by atoms with Gasteiger partial charge in [0.15, 0.2) is 5.82 Å². The van der Waals surface area contributed by atoms with Crippen molar-refractivity contribution >= 4 is 17.8 Å². The van der Waals surface area contributed by atoms with E-state index in [0.717, 1.165) is 30.3 Å². The lowest BCUT2D eigenvalue weighted by molar-refractivity contribution is -0.115. The number of hydrogen-bond donors (Lipinski definition) is 4. The first-order chi connectivity index (χ1) is 14.5. The van der Waals surface area contributed by atoms with E-state index in [0.29, 0.717) is 12.8 Å². The average molecular weight is 436 g/mol. The molecule has 0 spiro atoms. The third kappa shape index (κ3) is 6.24. The van der Waals surface area contributed by atoms with Gasteiger partial charge < -0.3 is 20.4 Å². The number of aromatic nitrogens is 2. The minimum atomic E-state index is -1.13. The zero-order valence-corrected chi connectivity index (χ0v) is 17.4. The van der Waals surface area contributed by atoms with Gasteiger partial charge in [0, 0.05) is 29.8 Å². The summed E-state index contributed by atoms with van der Waals surface area (Å²) in [5, 5.41) is 29.0. The highest BCUT2D eigenvalue weighted by Crippen LogP contribution is 2.37. The molecule has 8 nitrogen and oxygen atoms in total. The number of hydrogen-bond acceptors (Lipinski definition) is 4. The first-order valence-corrected chi connectivity index (χ1v) is 10.0. The van der Waals surface area contributed by atoms with Gasteiger partial charge >= 0.3 is 6.09 Å². The van der Waals surface area contributed by atoms with Gasteiger partial charge in [-0.2, -0.15) is 5.10 Å². The van der Waals surface area contributed by atoms with E-state index in [-0.39, 0.29) is 36.3 Å². The fourth-order valence-electron chi connectivity index (χ4n) is 3.99. The molecule has 0 aliphatic heterocycles. The highest BCUT2D eigenvalue weighted by atomic mass is 19.1. The van der Waals surface area contributed by atoms with E-state index in [9.17, 15) is 28.6 Å². The molecule has 0 bridgehead atoms. The molecule has 10 heteroatoms. The molecule has 0 radical (unpaired) electrons. The molecule has 4 N–H and O–H groups in total. The topological polar surface area (TPSA) is 119 Å². The molecule has 1 heterocycles. The molecule has 1 saturated carbocycles. The Bertz CT molecular complexity index is 937. The zero-order chi connectivity index (χ0) is 22.8. The van der Waals surface area contributed by atoms with Crippen molar-refractivity contribution in [1.82, 2.24) is 15.1 Å². The number of aromatic amines is 1. The number of aliphatic hydroxyl groups is 1. The van der Waals surface area contributed by atoms with Crippen molar-refractivity contribution in [2.24, 2.45) is 0 Å². The van der Waals surface area contributed by atoms with E-state index in [1.165, 1.54) is 4.90 Å². The Morgan fingerprint density at radius 2 is 1.90 bits per heavy atom. The van der Waals surface area contributed by atoms with Gasteiger partial charge in [-0.05, 0) is 50.8 Å². The van der Waals surface area contributed by atoms with Crippen LogP contribution in [0.2, 0.25) is 0 Å². The van der Waals surface area contributed by atoms with Crippen molar-refractivity contribution in [3.8, 4) is 0 Å². The molecule has 2 amide bonds. The highest BCUT2D eigenvalue weighted by Gasteiger charge is 2.35. The van der Waals surface area contributed by atoms with Crippen LogP contribution in [0.1, 0.15) is 50.3 Å². The second-order valence-electron chi connectivity index (χ2n) is 8.60. The summed E-state index contributed by atoms with van der Waals surface area (Å²) in [5.74, 6) is -1.65. The van der Waals surface area contributed by atoms with Crippen LogP contribution in [-0.4, -0.2) is 55.5 Å². The summed E-state index contributed by atoms with van der Waals surface area (Å²) in [6, 6.07) is 4.39. The Hall–Kier alpha value is -3.01. The summed E-state index contributed by atoms with van der Waals surface area (Å²) in [6.45, 7) is 3.15. The lowest BCUT2D eigenvalue weighted by Gasteiger charge is -2.31. The van der Waals surface area contributed by atoms with E-state index < -0.39 is 29.2 Å². The summed E-state index contributed by atoms with van der Waals surface area (Å²) >= 11 is 0. The molecule has 2 unspecified atom stereocenters. The average Bonchev–Trinajstić information content (AvgIpc) is 3.26. The lowest BCUT2D eigenvalue weighted by atomic mass is 10.0. The fourth-order valence-corrected chi connectivity index (χ4v) is 3.99. The Morgan fingerprint density at radius 3 is 2.52 bits per heavy atom. The summed E-state index contributed by atoms with van der Waals surface area (Å²) in [5.41, 5.74) is -0.153. The molecular weight excluding hydrogens is 410 g/mol. The molecule has 1 fully saturated rings. The van der Waals surface area contributed by atoms with Gasteiger partial charge in [-0.3, -0.25) is 9.89 Å². The van der Waals surface area contributed by atoms with Gasteiger partial charge in [0.25, 0.3) is 0 Å². The van der Waals surface area contributed by atoms with Gasteiger partial charge in [-0.15, -0.1) is 0 Å². The minimum Gasteiger partial charge on any atom is -0.465 e. The standard InChI is InChI=1S/C21H26F2N4O4/c1-21(2,31)11-27(20(29)30)16-4-3-13(8-16)17-10-18(26-25-17)24-19(28)7-12-5-14(22)9-15(23)6-12/h5-6,9-10,13,16,31H,3-4,7-8,11H2,1-2H3,(H,29,30)(H2,24,25,26,28). The molecule has 1 aliphatic rings. The first-order valence-electron chi connectivity index (χ1n) is 10.0. The number of carbonyl (C=O) groups is 2. The maximum Gasteiger partial charge on any atom is 0.407 e. The van der Waals surface area contributed by atoms with Crippen LogP contribution in [0, 0.1) is 11.6 Å². The van der Waals surface area contributed by atoms with Crippen LogP contribution in [0.4, 0.5) is 19.4 Å². The van der Waals surface area contributed by atoms with Crippen molar-refractivity contribution < 1.29 is 28.6 Å². The maximum absolute atomic E-state index is 13.3. The largest absolute Gasteiger partial charge is 0.465 e. The van der Waals surface area contributed by atoms with E-state index in [1.54, 1.807) is 19.9 Å². The van der Waals surface area contributed by atoms with Crippen molar-refractivity contribution in [2.75, 3.05) is 11.9 Å². The summed E-state index contributed by atoms with van der Waals surface area (Å²) in [6.07, 6.45) is 0.684. The molecule has 0 saturated heterocycles. The molecule has 31 heavy (non-hydrogen) atoms. The summed E-state index contributed by atoms with van der Waals surface area (Å²) in [4.78, 5) is 25.1. The van der Waals surface area contributed by atoms with Gasteiger partial charge in [0.1, 0.15) is 11.6 Å². The molecule has 1 aromatic heterocycles. The number of H-pyrrole nitrogens is 1. The molecule has 2 aromatic rings. The number of carboxylic acid groups (broad SMARTS) is 1. The van der Waals surface area contributed by atoms with Gasteiger partial charge in [0.05, 0.1) is 18.6 Å². The van der Waals surface area contributed by atoms with E-state index in [4.69, 9.17) is 0 Å². The Morgan fingerprint density at radius 1 is 1.23 bits per heavy atom. The van der Waals surface area contributed by atoms with Crippen LogP contribution in [-0.2, 0) is 11.2 Å². The predicted octanol–water partition coefficient (Wildman–Crippen LogP) is 3.26. The normalized spacial score (nSPS) is 18.7. The number of nitrogens with one attached hydrogen (secondary N) is 2. The fraction of sp³-hybridized carbons (Fsp3) is 0.476. The van der Waals surface area contributed by atoms with Crippen LogP contribution in [0.3, 0.4) is 0 Å². The Balaban J connectivity index is 1.59. The van der Waals surface area contributed by atoms with Crippen LogP contribution in [0.15, 0.2) is 24.3 Å². The number of nitrogens with zero attached hydrogens (tertiary/aromatic N) is 2. The number of amides is 2. The van der Waals surface area contributed by atoms with Crippen molar-refractivity contribution in [1.29, 1.82) is 0 Å². The van der Waals surface area contributed by atoms with E-state index in [1.807, 2.05) is 0 Å². The summed E-state index contributed by atoms with van der Waals surface area (Å²) < 4.78 is 26.5. The number of halogens is 2. The number of anilines is 1. The zero-order valence-electron chi connectivity index (χ0n) is 17.4. The maximum atomic E-state index is 13.3. The van der Waals surface area contributed by atoms with Gasteiger partial charge in [-0.1, -0.05) is 0 Å². The molecular formula is C21H26F2N4O4. The smallest absolute Gasteiger partial charge is 0.407 e. The van der Waals surface area contributed by atoms with Crippen molar-refractivity contribution in [3.05, 3.63) is 47.2 Å².